The molecule has 0 saturated heterocycles. The van der Waals surface area contributed by atoms with Gasteiger partial charge in [-0.05, 0) is 37.5 Å². The second-order valence-electron chi connectivity index (χ2n) is 8.04. The summed E-state index contributed by atoms with van der Waals surface area (Å²) in [5.74, 6) is -3.34. The van der Waals surface area contributed by atoms with Crippen molar-refractivity contribution in [3.63, 3.8) is 0 Å². The van der Waals surface area contributed by atoms with Gasteiger partial charge in [-0.2, -0.15) is 0 Å². The number of ether oxygens (including phenoxy) is 2. The van der Waals surface area contributed by atoms with Crippen LogP contribution >= 0.6 is 11.3 Å². The fourth-order valence-electron chi connectivity index (χ4n) is 3.66. The van der Waals surface area contributed by atoms with Crippen LogP contribution in [0, 0.1) is 11.6 Å². The molecule has 4 rings (SSSR count). The third-order valence-corrected chi connectivity index (χ3v) is 6.54. The lowest BCUT2D eigenvalue weighted by Gasteiger charge is -2.15. The Hall–Kier alpha value is -3.14. The number of hydrogen-bond acceptors (Lipinski definition) is 6. The summed E-state index contributed by atoms with van der Waals surface area (Å²) >= 11 is 1.04. The van der Waals surface area contributed by atoms with Crippen LogP contribution in [-0.4, -0.2) is 30.4 Å². The van der Waals surface area contributed by atoms with E-state index in [9.17, 15) is 18.4 Å². The molecule has 3 N–H and O–H groups in total. The first kappa shape index (κ1) is 24.0. The number of thiophene rings is 1. The first-order valence-electron chi connectivity index (χ1n) is 10.8. The normalized spacial score (nSPS) is 16.2. The molecule has 2 atom stereocenters. The van der Waals surface area contributed by atoms with E-state index in [1.165, 1.54) is 13.0 Å². The Morgan fingerprint density at radius 1 is 1.15 bits per heavy atom. The summed E-state index contributed by atoms with van der Waals surface area (Å²) in [5, 5.41) is 3.18. The molecule has 0 spiro atoms. The van der Waals surface area contributed by atoms with Crippen molar-refractivity contribution in [2.24, 2.45) is 5.73 Å². The third-order valence-electron chi connectivity index (χ3n) is 5.48. The molecule has 34 heavy (non-hydrogen) atoms. The fourth-order valence-corrected chi connectivity index (χ4v) is 4.77. The summed E-state index contributed by atoms with van der Waals surface area (Å²) in [6.07, 6.45) is 0.656. The number of nitrogens with two attached hydrogens (primary N) is 1. The molecular formula is C25H24F2N2O4S. The van der Waals surface area contributed by atoms with Crippen LogP contribution < -0.4 is 15.8 Å². The molecule has 1 aromatic heterocycles. The Labute approximate surface area is 199 Å². The Kier molecular flexibility index (Phi) is 7.35. The zero-order valence-electron chi connectivity index (χ0n) is 18.5. The number of ketones is 1. The molecular weight excluding hydrogens is 462 g/mol. The topological polar surface area (TPSA) is 90.7 Å². The molecule has 1 unspecified atom stereocenters. The molecule has 6 nitrogen and oxygen atoms in total. The Morgan fingerprint density at radius 2 is 1.85 bits per heavy atom. The predicted molar refractivity (Wildman–Crippen MR) is 125 cm³/mol. The number of hydrogen-bond donors (Lipinski definition) is 2. The molecule has 1 aliphatic rings. The molecule has 2 aromatic carbocycles. The van der Waals surface area contributed by atoms with Crippen LogP contribution in [0.5, 0.6) is 5.06 Å². The first-order chi connectivity index (χ1) is 16.3. The van der Waals surface area contributed by atoms with Gasteiger partial charge in [0.25, 0.3) is 0 Å². The van der Waals surface area contributed by atoms with Crippen LogP contribution in [0.4, 0.5) is 13.8 Å². The molecule has 1 amide bonds. The number of halogens is 2. The summed E-state index contributed by atoms with van der Waals surface area (Å²) < 4.78 is 40.8. The zero-order valence-corrected chi connectivity index (χ0v) is 19.3. The Bertz CT molecular complexity index is 1180. The van der Waals surface area contributed by atoms with Crippen LogP contribution in [-0.2, 0) is 22.6 Å². The maximum absolute atomic E-state index is 14.4. The average Bonchev–Trinajstić information content (AvgIpc) is 3.03. The van der Waals surface area contributed by atoms with Gasteiger partial charge in [0.1, 0.15) is 23.2 Å². The van der Waals surface area contributed by atoms with Gasteiger partial charge in [-0.15, -0.1) is 0 Å². The highest BCUT2D eigenvalue weighted by Gasteiger charge is 2.32. The van der Waals surface area contributed by atoms with Gasteiger partial charge in [0, 0.05) is 5.56 Å². The standard InChI is InChI=1S/C25H24F2N2O4S/c1-14(28)23(31)29-24-20(22(30)21-18(26)8-5-9-19(21)27)17-11-10-16(13-33-25(17)34-24)32-12-15-6-3-2-4-7-15/h2-9,14,16H,10-13,28H2,1H3,(H,29,31)/t14-,16?/m0/s1. The number of nitrogens with one attached hydrogen (secondary N) is 1. The molecule has 2 heterocycles. The van der Waals surface area contributed by atoms with E-state index in [4.69, 9.17) is 15.2 Å². The van der Waals surface area contributed by atoms with Crippen molar-refractivity contribution in [3.05, 3.63) is 82.4 Å². The van der Waals surface area contributed by atoms with E-state index >= 15 is 0 Å². The number of anilines is 1. The van der Waals surface area contributed by atoms with E-state index in [1.807, 2.05) is 30.3 Å². The van der Waals surface area contributed by atoms with Crippen LogP contribution in [0.3, 0.4) is 0 Å². The lowest BCUT2D eigenvalue weighted by molar-refractivity contribution is -0.117. The molecule has 3 aromatic rings. The summed E-state index contributed by atoms with van der Waals surface area (Å²) in [5.41, 5.74) is 6.50. The van der Waals surface area contributed by atoms with Crippen molar-refractivity contribution in [2.75, 3.05) is 11.9 Å². The van der Waals surface area contributed by atoms with Gasteiger partial charge in [-0.3, -0.25) is 9.59 Å². The molecule has 0 bridgehead atoms. The zero-order chi connectivity index (χ0) is 24.2. The molecule has 0 aliphatic carbocycles. The van der Waals surface area contributed by atoms with E-state index in [0.717, 1.165) is 29.0 Å². The number of rotatable bonds is 7. The number of carbonyl (C=O) groups excluding carboxylic acids is 2. The van der Waals surface area contributed by atoms with E-state index in [1.54, 1.807) is 0 Å². The Morgan fingerprint density at radius 3 is 2.53 bits per heavy atom. The third kappa shape index (κ3) is 5.16. The fraction of sp³-hybridized carbons (Fsp3) is 0.280. The van der Waals surface area contributed by atoms with E-state index < -0.39 is 34.9 Å². The van der Waals surface area contributed by atoms with E-state index in [-0.39, 0.29) is 23.3 Å². The second kappa shape index (κ2) is 10.4. The van der Waals surface area contributed by atoms with E-state index in [2.05, 4.69) is 5.32 Å². The van der Waals surface area contributed by atoms with Gasteiger partial charge < -0.3 is 20.5 Å². The Balaban J connectivity index is 1.63. The van der Waals surface area contributed by atoms with E-state index in [0.29, 0.717) is 30.1 Å². The van der Waals surface area contributed by atoms with Gasteiger partial charge >= 0.3 is 0 Å². The lowest BCUT2D eigenvalue weighted by Crippen LogP contribution is -2.32. The SMILES string of the molecule is C[C@H](N)C(=O)Nc1sc2c(c1C(=O)c1c(F)cccc1F)CCC(OCc1ccccc1)CO2. The minimum Gasteiger partial charge on any atom is -0.481 e. The van der Waals surface area contributed by atoms with Gasteiger partial charge in [-0.1, -0.05) is 47.7 Å². The highest BCUT2D eigenvalue weighted by molar-refractivity contribution is 7.18. The average molecular weight is 487 g/mol. The number of fused-ring (bicyclic) bond motifs is 1. The minimum atomic E-state index is -0.979. The first-order valence-corrected chi connectivity index (χ1v) is 11.7. The van der Waals surface area contributed by atoms with Crippen LogP contribution in [0.25, 0.3) is 0 Å². The smallest absolute Gasteiger partial charge is 0.241 e. The predicted octanol–water partition coefficient (Wildman–Crippen LogP) is 4.45. The van der Waals surface area contributed by atoms with Gasteiger partial charge in [0.05, 0.1) is 29.9 Å². The number of benzene rings is 2. The summed E-state index contributed by atoms with van der Waals surface area (Å²) in [7, 11) is 0. The second-order valence-corrected chi connectivity index (χ2v) is 9.03. The minimum absolute atomic E-state index is 0.0155. The van der Waals surface area contributed by atoms with Crippen LogP contribution in [0.1, 0.15) is 40.4 Å². The molecule has 0 fully saturated rings. The van der Waals surface area contributed by atoms with Gasteiger partial charge in [0.2, 0.25) is 11.7 Å². The quantitative estimate of drug-likeness (QED) is 0.482. The molecule has 0 saturated carbocycles. The molecule has 1 aliphatic heterocycles. The van der Waals surface area contributed by atoms with Crippen molar-refractivity contribution in [3.8, 4) is 5.06 Å². The van der Waals surface area contributed by atoms with Crippen LogP contribution in [0.2, 0.25) is 0 Å². The van der Waals surface area contributed by atoms with Crippen molar-refractivity contribution < 1.29 is 27.8 Å². The van der Waals surface area contributed by atoms with Crippen molar-refractivity contribution in [2.45, 2.75) is 38.5 Å². The highest BCUT2D eigenvalue weighted by Crippen LogP contribution is 2.43. The monoisotopic (exact) mass is 486 g/mol. The summed E-state index contributed by atoms with van der Waals surface area (Å²) in [6.45, 7) is 2.14. The molecule has 178 valence electrons. The lowest BCUT2D eigenvalue weighted by atomic mass is 9.97. The summed E-state index contributed by atoms with van der Waals surface area (Å²) in [4.78, 5) is 25.6. The number of amides is 1. The molecule has 0 radical (unpaired) electrons. The number of carbonyl (C=O) groups is 2. The van der Waals surface area contributed by atoms with Gasteiger partial charge in [0.15, 0.2) is 5.06 Å². The van der Waals surface area contributed by atoms with Crippen molar-refractivity contribution >= 4 is 28.0 Å². The summed E-state index contributed by atoms with van der Waals surface area (Å²) in [6, 6.07) is 12.1. The van der Waals surface area contributed by atoms with Crippen molar-refractivity contribution in [1.29, 1.82) is 0 Å². The van der Waals surface area contributed by atoms with Gasteiger partial charge in [-0.25, -0.2) is 8.78 Å². The maximum Gasteiger partial charge on any atom is 0.241 e. The molecule has 9 heteroatoms. The maximum atomic E-state index is 14.4. The largest absolute Gasteiger partial charge is 0.481 e. The van der Waals surface area contributed by atoms with Crippen molar-refractivity contribution in [1.82, 2.24) is 0 Å². The highest BCUT2D eigenvalue weighted by atomic mass is 32.1. The van der Waals surface area contributed by atoms with Crippen LogP contribution in [0.15, 0.2) is 48.5 Å².